The lowest BCUT2D eigenvalue weighted by atomic mass is 10.2. The zero-order valence-electron chi connectivity index (χ0n) is 11.1. The van der Waals surface area contributed by atoms with E-state index in [1.165, 1.54) is 5.56 Å². The molecule has 0 saturated carbocycles. The minimum atomic E-state index is 0.457. The molecule has 0 unspecified atom stereocenters. The van der Waals surface area contributed by atoms with Crippen LogP contribution in [0.5, 0.6) is 0 Å². The number of rotatable bonds is 3. The molecule has 0 bridgehead atoms. The molecule has 0 aliphatic rings. The zero-order chi connectivity index (χ0) is 14.0. The number of benzene rings is 1. The van der Waals surface area contributed by atoms with Gasteiger partial charge in [0.15, 0.2) is 0 Å². The molecule has 0 spiro atoms. The number of hydrogen-bond acceptors (Lipinski definition) is 3. The molecule has 98 valence electrons. The molecule has 5 heteroatoms. The Labute approximate surface area is 122 Å². The molecular weight excluding hydrogens is 278 g/mol. The van der Waals surface area contributed by atoms with Crippen LogP contribution in [0.4, 0.5) is 0 Å². The van der Waals surface area contributed by atoms with Crippen LogP contribution in [0, 0.1) is 25.2 Å². The lowest BCUT2D eigenvalue weighted by Crippen LogP contribution is -2.02. The fourth-order valence-corrected chi connectivity index (χ4v) is 2.98. The molecule has 0 N–H and O–H groups in total. The van der Waals surface area contributed by atoms with E-state index in [9.17, 15) is 5.26 Å². The molecule has 2 rings (SSSR count). The molecule has 3 nitrogen and oxygen atoms in total. The first kappa shape index (κ1) is 14.0. The van der Waals surface area contributed by atoms with Gasteiger partial charge in [0.05, 0.1) is 22.0 Å². The first-order chi connectivity index (χ1) is 9.10. The number of hydrogen-bond donors (Lipinski definition) is 0. The van der Waals surface area contributed by atoms with Crippen molar-refractivity contribution >= 4 is 23.4 Å². The summed E-state index contributed by atoms with van der Waals surface area (Å²) < 4.78 is 1.81. The van der Waals surface area contributed by atoms with Crippen molar-refractivity contribution in [3.05, 3.63) is 45.7 Å². The highest BCUT2D eigenvalue weighted by molar-refractivity contribution is 7.97. The maximum atomic E-state index is 9.25. The van der Waals surface area contributed by atoms with Crippen molar-refractivity contribution in [1.29, 1.82) is 5.26 Å². The molecule has 1 heterocycles. The molecule has 0 fully saturated rings. The van der Waals surface area contributed by atoms with E-state index in [0.717, 1.165) is 22.8 Å². The molecule has 1 aromatic heterocycles. The Morgan fingerprint density at radius 3 is 2.79 bits per heavy atom. The van der Waals surface area contributed by atoms with Gasteiger partial charge in [-0.2, -0.15) is 22.1 Å². The summed E-state index contributed by atoms with van der Waals surface area (Å²) in [4.78, 5) is 0. The maximum absolute atomic E-state index is 9.25. The third-order valence-electron chi connectivity index (χ3n) is 3.06. The normalized spacial score (nSPS) is 10.5. The Morgan fingerprint density at radius 2 is 2.16 bits per heavy atom. The van der Waals surface area contributed by atoms with E-state index >= 15 is 0 Å². The number of nitrogens with zero attached hydrogens (tertiary/aromatic N) is 3. The van der Waals surface area contributed by atoms with Crippen molar-refractivity contribution in [2.75, 3.05) is 6.26 Å². The predicted molar refractivity (Wildman–Crippen MR) is 80.0 cm³/mol. The van der Waals surface area contributed by atoms with Crippen LogP contribution in [0.3, 0.4) is 0 Å². The van der Waals surface area contributed by atoms with Gasteiger partial charge in [0, 0.05) is 17.0 Å². The number of aromatic nitrogens is 2. The Kier molecular flexibility index (Phi) is 4.18. The zero-order valence-corrected chi connectivity index (χ0v) is 12.6. The van der Waals surface area contributed by atoms with Crippen molar-refractivity contribution in [2.24, 2.45) is 0 Å². The third kappa shape index (κ3) is 2.49. The molecule has 0 aliphatic heterocycles. The summed E-state index contributed by atoms with van der Waals surface area (Å²) in [6.07, 6.45) is 2.07. The monoisotopic (exact) mass is 291 g/mol. The van der Waals surface area contributed by atoms with Gasteiger partial charge in [-0.05, 0) is 32.2 Å². The van der Waals surface area contributed by atoms with E-state index in [0.29, 0.717) is 10.6 Å². The van der Waals surface area contributed by atoms with Crippen LogP contribution in [0.25, 0.3) is 5.69 Å². The van der Waals surface area contributed by atoms with Gasteiger partial charge in [0.25, 0.3) is 0 Å². The molecule has 0 saturated heterocycles. The summed E-state index contributed by atoms with van der Waals surface area (Å²) in [7, 11) is 0. The summed E-state index contributed by atoms with van der Waals surface area (Å²) >= 11 is 7.83. The van der Waals surface area contributed by atoms with Gasteiger partial charge in [-0.3, -0.25) is 0 Å². The number of aryl methyl sites for hydroxylation is 1. The lowest BCUT2D eigenvalue weighted by Gasteiger charge is -2.08. The summed E-state index contributed by atoms with van der Waals surface area (Å²) in [5, 5.41) is 14.3. The van der Waals surface area contributed by atoms with Gasteiger partial charge in [-0.15, -0.1) is 0 Å². The summed E-state index contributed by atoms with van der Waals surface area (Å²) in [5.74, 6) is 0.917. The predicted octanol–water partition coefficient (Wildman–Crippen LogP) is 3.88. The van der Waals surface area contributed by atoms with Gasteiger partial charge in [0.1, 0.15) is 6.07 Å². The van der Waals surface area contributed by atoms with Crippen LogP contribution in [-0.2, 0) is 5.75 Å². The average Bonchev–Trinajstić information content (AvgIpc) is 2.67. The Balaban J connectivity index is 2.64. The summed E-state index contributed by atoms with van der Waals surface area (Å²) in [6.45, 7) is 4.01. The SMILES string of the molecule is CSCc1c(C)nn(-c2cccc(Cl)c2C#N)c1C. The number of nitriles is 1. The van der Waals surface area contributed by atoms with Crippen LogP contribution in [0.1, 0.15) is 22.5 Å². The Morgan fingerprint density at radius 1 is 1.42 bits per heavy atom. The second-order valence-corrected chi connectivity index (χ2v) is 5.51. The standard InChI is InChI=1S/C14H14ClN3S/c1-9-12(8-19-3)10(2)18(17-9)14-6-4-5-13(15)11(14)7-16/h4-6H,8H2,1-3H3. The van der Waals surface area contributed by atoms with Gasteiger partial charge in [0.2, 0.25) is 0 Å². The molecule has 0 radical (unpaired) electrons. The highest BCUT2D eigenvalue weighted by Crippen LogP contribution is 2.26. The van der Waals surface area contributed by atoms with Crippen LogP contribution >= 0.6 is 23.4 Å². The lowest BCUT2D eigenvalue weighted by molar-refractivity contribution is 0.830. The fraction of sp³-hybridized carbons (Fsp3) is 0.286. The van der Waals surface area contributed by atoms with E-state index in [1.54, 1.807) is 17.8 Å². The van der Waals surface area contributed by atoms with E-state index < -0.39 is 0 Å². The third-order valence-corrected chi connectivity index (χ3v) is 3.95. The Bertz CT molecular complexity index is 655. The van der Waals surface area contributed by atoms with Gasteiger partial charge < -0.3 is 0 Å². The van der Waals surface area contributed by atoms with Crippen molar-refractivity contribution in [1.82, 2.24) is 9.78 Å². The van der Waals surface area contributed by atoms with Crippen molar-refractivity contribution in [3.63, 3.8) is 0 Å². The van der Waals surface area contributed by atoms with E-state index in [2.05, 4.69) is 17.4 Å². The maximum Gasteiger partial charge on any atom is 0.103 e. The van der Waals surface area contributed by atoms with Crippen LogP contribution in [-0.4, -0.2) is 16.0 Å². The quantitative estimate of drug-likeness (QED) is 0.862. The first-order valence-corrected chi connectivity index (χ1v) is 7.60. The highest BCUT2D eigenvalue weighted by atomic mass is 35.5. The van der Waals surface area contributed by atoms with Gasteiger partial charge >= 0.3 is 0 Å². The topological polar surface area (TPSA) is 41.6 Å². The van der Waals surface area contributed by atoms with Crippen molar-refractivity contribution in [2.45, 2.75) is 19.6 Å². The number of halogens is 1. The molecule has 0 aliphatic carbocycles. The smallest absolute Gasteiger partial charge is 0.103 e. The highest BCUT2D eigenvalue weighted by Gasteiger charge is 2.15. The van der Waals surface area contributed by atoms with Crippen molar-refractivity contribution in [3.8, 4) is 11.8 Å². The van der Waals surface area contributed by atoms with Crippen LogP contribution < -0.4 is 0 Å². The van der Waals surface area contributed by atoms with Gasteiger partial charge in [-0.1, -0.05) is 17.7 Å². The second-order valence-electron chi connectivity index (χ2n) is 4.24. The fourth-order valence-electron chi connectivity index (χ4n) is 2.06. The van der Waals surface area contributed by atoms with Crippen molar-refractivity contribution < 1.29 is 0 Å². The summed E-state index contributed by atoms with van der Waals surface area (Å²) in [6, 6.07) is 7.58. The van der Waals surface area contributed by atoms with Crippen LogP contribution in [0.2, 0.25) is 5.02 Å². The largest absolute Gasteiger partial charge is 0.236 e. The van der Waals surface area contributed by atoms with E-state index in [-0.39, 0.29) is 0 Å². The minimum Gasteiger partial charge on any atom is -0.236 e. The molecule has 19 heavy (non-hydrogen) atoms. The van der Waals surface area contributed by atoms with Gasteiger partial charge in [-0.25, -0.2) is 4.68 Å². The Hall–Kier alpha value is -1.44. The molecule has 0 atom stereocenters. The minimum absolute atomic E-state index is 0.457. The molecule has 1 aromatic carbocycles. The molecular formula is C14H14ClN3S. The molecule has 2 aromatic rings. The summed E-state index contributed by atoms with van der Waals surface area (Å²) in [5.41, 5.74) is 4.48. The first-order valence-electron chi connectivity index (χ1n) is 5.83. The van der Waals surface area contributed by atoms with E-state index in [4.69, 9.17) is 11.6 Å². The number of thioether (sulfide) groups is 1. The van der Waals surface area contributed by atoms with Crippen LogP contribution in [0.15, 0.2) is 18.2 Å². The van der Waals surface area contributed by atoms with E-state index in [1.807, 2.05) is 30.7 Å². The molecule has 0 amide bonds. The second kappa shape index (κ2) is 5.68. The average molecular weight is 292 g/mol.